The van der Waals surface area contributed by atoms with Crippen LogP contribution in [0, 0.1) is 0 Å². The van der Waals surface area contributed by atoms with Crippen LogP contribution in [0.2, 0.25) is 5.02 Å². The Labute approximate surface area is 175 Å². The van der Waals surface area contributed by atoms with E-state index in [-0.39, 0.29) is 16.8 Å². The summed E-state index contributed by atoms with van der Waals surface area (Å²) in [5.41, 5.74) is 1.86. The van der Waals surface area contributed by atoms with Crippen molar-refractivity contribution in [1.29, 1.82) is 0 Å². The molecule has 7 heteroatoms. The molecule has 0 spiro atoms. The van der Waals surface area contributed by atoms with Gasteiger partial charge in [0.05, 0.1) is 10.9 Å². The summed E-state index contributed by atoms with van der Waals surface area (Å²) < 4.78 is 27.4. The molecule has 3 aromatic rings. The van der Waals surface area contributed by atoms with Crippen molar-refractivity contribution in [3.8, 4) is 0 Å². The molecule has 0 aliphatic rings. The van der Waals surface area contributed by atoms with Gasteiger partial charge in [-0.3, -0.25) is 9.52 Å². The molecular weight excluding hydrogens is 408 g/mol. The van der Waals surface area contributed by atoms with Crippen LogP contribution in [0.4, 0.5) is 5.69 Å². The summed E-state index contributed by atoms with van der Waals surface area (Å²) in [5, 5.41) is 3.47. The second kappa shape index (κ2) is 9.11. The zero-order valence-corrected chi connectivity index (χ0v) is 17.4. The van der Waals surface area contributed by atoms with Crippen LogP contribution in [-0.4, -0.2) is 14.3 Å². The highest BCUT2D eigenvalue weighted by Gasteiger charge is 2.16. The minimum absolute atomic E-state index is 0.0909. The molecule has 0 bridgehead atoms. The van der Waals surface area contributed by atoms with E-state index in [9.17, 15) is 13.2 Å². The lowest BCUT2D eigenvalue weighted by Gasteiger charge is -2.17. The lowest BCUT2D eigenvalue weighted by atomic mass is 10.0. The Morgan fingerprint density at radius 2 is 1.55 bits per heavy atom. The van der Waals surface area contributed by atoms with Crippen LogP contribution in [0.5, 0.6) is 0 Å². The van der Waals surface area contributed by atoms with E-state index in [1.165, 1.54) is 24.3 Å². The summed E-state index contributed by atoms with van der Waals surface area (Å²) in [6, 6.07) is 21.9. The number of sulfonamides is 1. The standard InChI is InChI=1S/C22H21ClN2O3S/c1-2-21(16-6-4-3-5-7-16)24-22(26)17-8-12-19(13-9-17)25-29(27,28)20-14-10-18(23)11-15-20/h3-15,21,25H,2H2,1H3,(H,24,26)/t21-/m0/s1. The van der Waals surface area contributed by atoms with Gasteiger partial charge in [0, 0.05) is 16.3 Å². The molecule has 0 saturated carbocycles. The average Bonchev–Trinajstić information content (AvgIpc) is 2.73. The molecule has 0 saturated heterocycles. The number of halogens is 1. The fourth-order valence-corrected chi connectivity index (χ4v) is 4.05. The molecule has 150 valence electrons. The van der Waals surface area contributed by atoms with Gasteiger partial charge in [0.2, 0.25) is 0 Å². The maximum Gasteiger partial charge on any atom is 0.261 e. The fourth-order valence-electron chi connectivity index (χ4n) is 2.87. The van der Waals surface area contributed by atoms with Crippen molar-refractivity contribution in [2.75, 3.05) is 4.72 Å². The van der Waals surface area contributed by atoms with Crippen LogP contribution in [0.25, 0.3) is 0 Å². The van der Waals surface area contributed by atoms with Gasteiger partial charge in [0.1, 0.15) is 0 Å². The van der Waals surface area contributed by atoms with Crippen LogP contribution in [0.1, 0.15) is 35.3 Å². The first-order valence-corrected chi connectivity index (χ1v) is 11.0. The van der Waals surface area contributed by atoms with E-state index in [1.54, 1.807) is 24.3 Å². The maximum atomic E-state index is 12.6. The smallest absolute Gasteiger partial charge is 0.261 e. The van der Waals surface area contributed by atoms with E-state index in [0.29, 0.717) is 16.3 Å². The number of anilines is 1. The summed E-state index contributed by atoms with van der Waals surface area (Å²) in [7, 11) is -3.73. The summed E-state index contributed by atoms with van der Waals surface area (Å²) >= 11 is 5.80. The van der Waals surface area contributed by atoms with Crippen molar-refractivity contribution in [3.63, 3.8) is 0 Å². The van der Waals surface area contributed by atoms with Crippen molar-refractivity contribution in [2.45, 2.75) is 24.3 Å². The number of hydrogen-bond donors (Lipinski definition) is 2. The van der Waals surface area contributed by atoms with E-state index in [2.05, 4.69) is 10.0 Å². The van der Waals surface area contributed by atoms with Gasteiger partial charge >= 0.3 is 0 Å². The fraction of sp³-hybridized carbons (Fsp3) is 0.136. The zero-order valence-electron chi connectivity index (χ0n) is 15.8. The van der Waals surface area contributed by atoms with E-state index >= 15 is 0 Å². The van der Waals surface area contributed by atoms with E-state index < -0.39 is 10.0 Å². The van der Waals surface area contributed by atoms with Crippen LogP contribution < -0.4 is 10.0 Å². The van der Waals surface area contributed by atoms with Gasteiger partial charge in [-0.1, -0.05) is 48.9 Å². The number of benzene rings is 3. The SMILES string of the molecule is CC[C@H](NC(=O)c1ccc(NS(=O)(=O)c2ccc(Cl)cc2)cc1)c1ccccc1. The van der Waals surface area contributed by atoms with Crippen molar-refractivity contribution >= 4 is 33.2 Å². The van der Waals surface area contributed by atoms with Gasteiger partial charge in [-0.25, -0.2) is 8.42 Å². The second-order valence-electron chi connectivity index (χ2n) is 6.48. The number of nitrogens with one attached hydrogen (secondary N) is 2. The molecule has 0 unspecified atom stereocenters. The van der Waals surface area contributed by atoms with Crippen molar-refractivity contribution in [3.05, 3.63) is 95.0 Å². The number of rotatable bonds is 7. The molecule has 2 N–H and O–H groups in total. The Morgan fingerprint density at radius 1 is 0.931 bits per heavy atom. The monoisotopic (exact) mass is 428 g/mol. The molecular formula is C22H21ClN2O3S. The van der Waals surface area contributed by atoms with E-state index in [1.807, 2.05) is 37.3 Å². The van der Waals surface area contributed by atoms with Gasteiger partial charge in [-0.05, 0) is 60.5 Å². The first-order chi connectivity index (χ1) is 13.9. The topological polar surface area (TPSA) is 75.3 Å². The van der Waals surface area contributed by atoms with E-state index in [4.69, 9.17) is 11.6 Å². The highest BCUT2D eigenvalue weighted by atomic mass is 35.5. The van der Waals surface area contributed by atoms with Crippen LogP contribution in [0.3, 0.4) is 0 Å². The molecule has 0 radical (unpaired) electrons. The van der Waals surface area contributed by atoms with E-state index in [0.717, 1.165) is 12.0 Å². The predicted octanol–water partition coefficient (Wildman–Crippen LogP) is 5.02. The Bertz CT molecular complexity index is 1070. The van der Waals surface area contributed by atoms with Gasteiger partial charge in [0.25, 0.3) is 15.9 Å². The molecule has 0 aliphatic heterocycles. The summed E-state index contributed by atoms with van der Waals surface area (Å²) in [5.74, 6) is -0.215. The molecule has 0 aromatic heterocycles. The van der Waals surface area contributed by atoms with Gasteiger partial charge < -0.3 is 5.32 Å². The van der Waals surface area contributed by atoms with Gasteiger partial charge in [-0.2, -0.15) is 0 Å². The number of amides is 1. The minimum Gasteiger partial charge on any atom is -0.345 e. The third-order valence-corrected chi connectivity index (χ3v) is 6.09. The lowest BCUT2D eigenvalue weighted by molar-refractivity contribution is 0.0935. The Hall–Kier alpha value is -2.83. The molecule has 3 aromatic carbocycles. The summed E-state index contributed by atoms with van der Waals surface area (Å²) in [6.07, 6.45) is 0.759. The summed E-state index contributed by atoms with van der Waals surface area (Å²) in [6.45, 7) is 2.01. The van der Waals surface area contributed by atoms with Gasteiger partial charge in [-0.15, -0.1) is 0 Å². The van der Waals surface area contributed by atoms with Crippen molar-refractivity contribution in [2.24, 2.45) is 0 Å². The molecule has 0 fully saturated rings. The molecule has 29 heavy (non-hydrogen) atoms. The predicted molar refractivity (Wildman–Crippen MR) is 116 cm³/mol. The third-order valence-electron chi connectivity index (χ3n) is 4.44. The van der Waals surface area contributed by atoms with Crippen LogP contribution in [0.15, 0.2) is 83.8 Å². The second-order valence-corrected chi connectivity index (χ2v) is 8.60. The number of carbonyl (C=O) groups is 1. The Kier molecular flexibility index (Phi) is 6.56. The molecule has 1 atom stereocenters. The molecule has 5 nitrogen and oxygen atoms in total. The minimum atomic E-state index is -3.73. The maximum absolute atomic E-state index is 12.6. The zero-order chi connectivity index (χ0) is 20.9. The molecule has 0 aliphatic carbocycles. The molecule has 1 amide bonds. The molecule has 0 heterocycles. The lowest BCUT2D eigenvalue weighted by Crippen LogP contribution is -2.28. The largest absolute Gasteiger partial charge is 0.345 e. The quantitative estimate of drug-likeness (QED) is 0.554. The number of carbonyl (C=O) groups excluding carboxylic acids is 1. The first-order valence-electron chi connectivity index (χ1n) is 9.13. The highest BCUT2D eigenvalue weighted by Crippen LogP contribution is 2.20. The third kappa shape index (κ3) is 5.37. The van der Waals surface area contributed by atoms with Crippen molar-refractivity contribution < 1.29 is 13.2 Å². The Morgan fingerprint density at radius 3 is 2.14 bits per heavy atom. The molecule has 3 rings (SSSR count). The van der Waals surface area contributed by atoms with Crippen LogP contribution in [-0.2, 0) is 10.0 Å². The normalized spacial score (nSPS) is 12.2. The average molecular weight is 429 g/mol. The van der Waals surface area contributed by atoms with Crippen molar-refractivity contribution in [1.82, 2.24) is 5.32 Å². The van der Waals surface area contributed by atoms with Gasteiger partial charge in [0.15, 0.2) is 0 Å². The highest BCUT2D eigenvalue weighted by molar-refractivity contribution is 7.92. The Balaban J connectivity index is 1.69. The summed E-state index contributed by atoms with van der Waals surface area (Å²) in [4.78, 5) is 12.7. The van der Waals surface area contributed by atoms with Crippen LogP contribution >= 0.6 is 11.6 Å². The first kappa shape index (κ1) is 20.9. The number of hydrogen-bond acceptors (Lipinski definition) is 3.